The van der Waals surface area contributed by atoms with E-state index in [1.54, 1.807) is 23.6 Å². The summed E-state index contributed by atoms with van der Waals surface area (Å²) in [5.74, 6) is -0.701. The Morgan fingerprint density at radius 2 is 2.29 bits per heavy atom. The van der Waals surface area contributed by atoms with Crippen molar-refractivity contribution in [2.24, 2.45) is 11.3 Å². The number of pyridine rings is 1. The topological polar surface area (TPSA) is 79.3 Å². The van der Waals surface area contributed by atoms with Gasteiger partial charge in [-0.05, 0) is 42.7 Å². The van der Waals surface area contributed by atoms with Crippen LogP contribution >= 0.6 is 11.3 Å². The van der Waals surface area contributed by atoms with Crippen molar-refractivity contribution in [2.45, 2.75) is 25.3 Å². The molecule has 2 aromatic heterocycles. The quantitative estimate of drug-likeness (QED) is 0.911. The van der Waals surface area contributed by atoms with Crippen molar-refractivity contribution in [1.29, 1.82) is 0 Å². The molecule has 21 heavy (non-hydrogen) atoms. The van der Waals surface area contributed by atoms with Gasteiger partial charge in [-0.3, -0.25) is 14.6 Å². The smallest absolute Gasteiger partial charge is 0.310 e. The summed E-state index contributed by atoms with van der Waals surface area (Å²) in [4.78, 5) is 27.7. The number of carboxylic acids is 1. The van der Waals surface area contributed by atoms with Crippen LogP contribution in [-0.2, 0) is 4.79 Å². The van der Waals surface area contributed by atoms with Crippen LogP contribution in [0.25, 0.3) is 10.1 Å². The number of thiophene rings is 1. The molecule has 2 aliphatic rings. The number of nitrogens with one attached hydrogen (secondary N) is 1. The van der Waals surface area contributed by atoms with Crippen molar-refractivity contribution in [1.82, 2.24) is 10.3 Å². The van der Waals surface area contributed by atoms with E-state index < -0.39 is 11.4 Å². The fourth-order valence-corrected chi connectivity index (χ4v) is 4.30. The Hall–Kier alpha value is -1.95. The Bertz CT molecular complexity index is 756. The third-order valence-corrected chi connectivity index (χ3v) is 5.62. The lowest BCUT2D eigenvalue weighted by Gasteiger charge is -2.15. The Kier molecular flexibility index (Phi) is 2.60. The van der Waals surface area contributed by atoms with Crippen LogP contribution in [0.3, 0.4) is 0 Å². The molecule has 0 unspecified atom stereocenters. The standard InChI is InChI=1S/C15H14N2O3S/c18-13(11-4-12-8(7-16-11)1-2-21-12)17-10-3-9-5-15(9,6-10)14(19)20/h1-2,4,7,9-10H,3,5-6H2,(H,17,18)(H,19,20)/t9-,10+,15+/m1/s1. The lowest BCUT2D eigenvalue weighted by Crippen LogP contribution is -2.35. The molecule has 2 fully saturated rings. The van der Waals surface area contributed by atoms with Crippen LogP contribution in [0.2, 0.25) is 0 Å². The number of aromatic nitrogens is 1. The molecule has 0 bridgehead atoms. The van der Waals surface area contributed by atoms with E-state index in [-0.39, 0.29) is 17.9 Å². The summed E-state index contributed by atoms with van der Waals surface area (Å²) >= 11 is 1.57. The van der Waals surface area contributed by atoms with E-state index in [1.807, 2.05) is 11.4 Å². The highest BCUT2D eigenvalue weighted by Gasteiger charge is 2.65. The Balaban J connectivity index is 1.48. The normalized spacial score (nSPS) is 30.1. The first-order chi connectivity index (χ1) is 10.1. The van der Waals surface area contributed by atoms with E-state index in [0.29, 0.717) is 12.1 Å². The maximum absolute atomic E-state index is 12.2. The number of hydrogen-bond acceptors (Lipinski definition) is 4. The summed E-state index contributed by atoms with van der Waals surface area (Å²) in [6.07, 6.45) is 3.76. The monoisotopic (exact) mass is 302 g/mol. The van der Waals surface area contributed by atoms with Crippen LogP contribution in [0.1, 0.15) is 29.8 Å². The summed E-state index contributed by atoms with van der Waals surface area (Å²) in [5, 5.41) is 15.2. The third kappa shape index (κ3) is 1.93. The molecule has 2 aromatic rings. The van der Waals surface area contributed by atoms with Crippen molar-refractivity contribution < 1.29 is 14.7 Å². The largest absolute Gasteiger partial charge is 0.481 e. The SMILES string of the molecule is O=C(N[C@H]1C[C@@H]2C[C@]2(C(=O)O)C1)c1cc2sccc2cn1. The molecule has 3 atom stereocenters. The van der Waals surface area contributed by atoms with Gasteiger partial charge in [-0.25, -0.2) is 0 Å². The van der Waals surface area contributed by atoms with Crippen molar-refractivity contribution in [3.05, 3.63) is 29.4 Å². The zero-order chi connectivity index (χ0) is 14.6. The summed E-state index contributed by atoms with van der Waals surface area (Å²) in [6.45, 7) is 0. The maximum Gasteiger partial charge on any atom is 0.310 e. The number of carboxylic acid groups (broad SMARTS) is 1. The molecule has 0 spiro atoms. The summed E-state index contributed by atoms with van der Waals surface area (Å²) in [6, 6.07) is 3.71. The van der Waals surface area contributed by atoms with Gasteiger partial charge >= 0.3 is 5.97 Å². The highest BCUT2D eigenvalue weighted by molar-refractivity contribution is 7.17. The van der Waals surface area contributed by atoms with Gasteiger partial charge in [0, 0.05) is 22.3 Å². The molecule has 1 amide bonds. The second kappa shape index (κ2) is 4.27. The molecule has 0 aliphatic heterocycles. The fourth-order valence-electron chi connectivity index (χ4n) is 3.50. The average Bonchev–Trinajstić information content (AvgIpc) is 2.86. The first-order valence-electron chi connectivity index (χ1n) is 6.96. The van der Waals surface area contributed by atoms with E-state index in [0.717, 1.165) is 22.9 Å². The molecule has 4 rings (SSSR count). The highest BCUT2D eigenvalue weighted by atomic mass is 32.1. The summed E-state index contributed by atoms with van der Waals surface area (Å²) < 4.78 is 1.03. The first-order valence-corrected chi connectivity index (χ1v) is 7.84. The number of hydrogen-bond donors (Lipinski definition) is 2. The molecule has 6 heteroatoms. The second-order valence-electron chi connectivity index (χ2n) is 6.00. The minimum atomic E-state index is -0.720. The second-order valence-corrected chi connectivity index (χ2v) is 6.95. The summed E-state index contributed by atoms with van der Waals surface area (Å²) in [7, 11) is 0. The number of carbonyl (C=O) groups excluding carboxylic acids is 1. The van der Waals surface area contributed by atoms with Crippen molar-refractivity contribution in [2.75, 3.05) is 0 Å². The van der Waals surface area contributed by atoms with Gasteiger partial charge < -0.3 is 10.4 Å². The molecule has 2 N–H and O–H groups in total. The van der Waals surface area contributed by atoms with Crippen LogP contribution in [0.5, 0.6) is 0 Å². The van der Waals surface area contributed by atoms with E-state index in [4.69, 9.17) is 0 Å². The van der Waals surface area contributed by atoms with Crippen LogP contribution in [0.4, 0.5) is 0 Å². The van der Waals surface area contributed by atoms with Crippen LogP contribution in [-0.4, -0.2) is 28.0 Å². The number of nitrogens with zero attached hydrogens (tertiary/aromatic N) is 1. The lowest BCUT2D eigenvalue weighted by molar-refractivity contribution is -0.143. The van der Waals surface area contributed by atoms with Gasteiger partial charge in [0.15, 0.2) is 0 Å². The van der Waals surface area contributed by atoms with Gasteiger partial charge in [0.1, 0.15) is 5.69 Å². The predicted octanol–water partition coefficient (Wildman–Crippen LogP) is 2.28. The Labute approximate surface area is 125 Å². The molecule has 0 radical (unpaired) electrons. The zero-order valence-electron chi connectivity index (χ0n) is 11.2. The number of fused-ring (bicyclic) bond motifs is 2. The maximum atomic E-state index is 12.2. The number of carbonyl (C=O) groups is 2. The molecule has 2 aliphatic carbocycles. The number of rotatable bonds is 3. The molecule has 5 nitrogen and oxygen atoms in total. The van der Waals surface area contributed by atoms with Crippen molar-refractivity contribution in [3.63, 3.8) is 0 Å². The summed E-state index contributed by atoms with van der Waals surface area (Å²) in [5.41, 5.74) is -0.168. The van der Waals surface area contributed by atoms with E-state index in [9.17, 15) is 14.7 Å². The van der Waals surface area contributed by atoms with Crippen LogP contribution < -0.4 is 5.32 Å². The Morgan fingerprint density at radius 3 is 3.05 bits per heavy atom. The van der Waals surface area contributed by atoms with E-state index in [2.05, 4.69) is 10.3 Å². The first kappa shape index (κ1) is 12.8. The molecular weight excluding hydrogens is 288 g/mol. The van der Waals surface area contributed by atoms with Gasteiger partial charge in [0.25, 0.3) is 5.91 Å². The zero-order valence-corrected chi connectivity index (χ0v) is 12.0. The van der Waals surface area contributed by atoms with Crippen molar-refractivity contribution in [3.8, 4) is 0 Å². The fraction of sp³-hybridized carbons (Fsp3) is 0.400. The third-order valence-electron chi connectivity index (χ3n) is 4.74. The molecule has 0 aromatic carbocycles. The van der Waals surface area contributed by atoms with Crippen LogP contribution in [0, 0.1) is 11.3 Å². The van der Waals surface area contributed by atoms with Gasteiger partial charge in [0.2, 0.25) is 0 Å². The number of amides is 1. The molecule has 108 valence electrons. The van der Waals surface area contributed by atoms with Crippen LogP contribution in [0.15, 0.2) is 23.7 Å². The minimum Gasteiger partial charge on any atom is -0.481 e. The predicted molar refractivity (Wildman–Crippen MR) is 78.3 cm³/mol. The molecular formula is C15H14N2O3S. The minimum absolute atomic E-state index is 0.0480. The van der Waals surface area contributed by atoms with Crippen molar-refractivity contribution >= 4 is 33.3 Å². The van der Waals surface area contributed by atoms with Gasteiger partial charge in [-0.1, -0.05) is 0 Å². The van der Waals surface area contributed by atoms with Gasteiger partial charge in [-0.2, -0.15) is 0 Å². The van der Waals surface area contributed by atoms with Gasteiger partial charge in [0.05, 0.1) is 5.41 Å². The highest BCUT2D eigenvalue weighted by Crippen LogP contribution is 2.63. The van der Waals surface area contributed by atoms with E-state index in [1.165, 1.54) is 0 Å². The number of aliphatic carboxylic acids is 1. The Morgan fingerprint density at radius 1 is 1.43 bits per heavy atom. The van der Waals surface area contributed by atoms with E-state index >= 15 is 0 Å². The molecule has 2 saturated carbocycles. The molecule has 0 saturated heterocycles. The lowest BCUT2D eigenvalue weighted by atomic mass is 10.0. The average molecular weight is 302 g/mol. The van der Waals surface area contributed by atoms with Gasteiger partial charge in [-0.15, -0.1) is 11.3 Å². The molecule has 2 heterocycles.